The van der Waals surface area contributed by atoms with Gasteiger partial charge in [0.1, 0.15) is 0 Å². The molecular weight excluding hydrogens is 242 g/mol. The first-order valence-electron chi connectivity index (χ1n) is 6.66. The molecule has 1 aromatic rings. The molecule has 2 heterocycles. The van der Waals surface area contributed by atoms with Crippen LogP contribution in [0.15, 0.2) is 18.3 Å². The number of morpholine rings is 1. The molecule has 1 aromatic heterocycles. The Balaban J connectivity index is 2.16. The van der Waals surface area contributed by atoms with Gasteiger partial charge in [-0.1, -0.05) is 0 Å². The second-order valence-electron chi connectivity index (χ2n) is 5.79. The molecule has 0 radical (unpaired) electrons. The Morgan fingerprint density at radius 2 is 2.32 bits per heavy atom. The number of anilines is 1. The molecule has 5 nitrogen and oxygen atoms in total. The number of hydrogen-bond donors (Lipinski definition) is 2. The van der Waals surface area contributed by atoms with Crippen molar-refractivity contribution in [1.29, 1.82) is 0 Å². The molecule has 1 fully saturated rings. The van der Waals surface area contributed by atoms with Crippen LogP contribution in [0, 0.1) is 0 Å². The molecule has 106 valence electrons. The van der Waals surface area contributed by atoms with Crippen molar-refractivity contribution in [3.63, 3.8) is 0 Å². The van der Waals surface area contributed by atoms with E-state index in [0.717, 1.165) is 17.9 Å². The van der Waals surface area contributed by atoms with Crippen LogP contribution in [-0.2, 0) is 4.74 Å². The molecule has 1 saturated heterocycles. The molecule has 2 rings (SSSR count). The van der Waals surface area contributed by atoms with Crippen LogP contribution < -0.4 is 10.6 Å². The maximum Gasteiger partial charge on any atom is 0.0988 e. The van der Waals surface area contributed by atoms with Crippen molar-refractivity contribution in [2.45, 2.75) is 38.5 Å². The summed E-state index contributed by atoms with van der Waals surface area (Å²) in [6.07, 6.45) is 1.69. The van der Waals surface area contributed by atoms with Crippen LogP contribution in [0.5, 0.6) is 0 Å². The van der Waals surface area contributed by atoms with Gasteiger partial charge in [0.15, 0.2) is 0 Å². The Labute approximate surface area is 114 Å². The van der Waals surface area contributed by atoms with Crippen molar-refractivity contribution >= 4 is 5.69 Å². The van der Waals surface area contributed by atoms with Crippen molar-refractivity contribution in [2.24, 2.45) is 5.73 Å². The first kappa shape index (κ1) is 14.2. The summed E-state index contributed by atoms with van der Waals surface area (Å²) in [4.78, 5) is 6.58. The van der Waals surface area contributed by atoms with E-state index in [4.69, 9.17) is 10.5 Å². The molecule has 0 saturated carbocycles. The molecule has 0 aliphatic carbocycles. The quantitative estimate of drug-likeness (QED) is 0.855. The summed E-state index contributed by atoms with van der Waals surface area (Å²) in [5.74, 6) is 0. The summed E-state index contributed by atoms with van der Waals surface area (Å²) in [7, 11) is 0. The lowest BCUT2D eigenvalue weighted by Crippen LogP contribution is -2.54. The number of rotatable bonds is 3. The summed E-state index contributed by atoms with van der Waals surface area (Å²) in [6.45, 7) is 7.48. The highest BCUT2D eigenvalue weighted by molar-refractivity contribution is 5.46. The van der Waals surface area contributed by atoms with Crippen LogP contribution in [0.2, 0.25) is 0 Å². The largest absolute Gasteiger partial charge is 0.394 e. The Hall–Kier alpha value is -1.17. The molecule has 1 aliphatic heterocycles. The number of ether oxygens (including phenoxy) is 1. The van der Waals surface area contributed by atoms with E-state index in [9.17, 15) is 5.11 Å². The van der Waals surface area contributed by atoms with E-state index < -0.39 is 0 Å². The van der Waals surface area contributed by atoms with E-state index in [1.165, 1.54) is 0 Å². The van der Waals surface area contributed by atoms with Gasteiger partial charge in [-0.2, -0.15) is 0 Å². The molecule has 0 spiro atoms. The van der Waals surface area contributed by atoms with Crippen LogP contribution >= 0.6 is 0 Å². The van der Waals surface area contributed by atoms with Gasteiger partial charge in [-0.3, -0.25) is 4.98 Å². The van der Waals surface area contributed by atoms with Gasteiger partial charge < -0.3 is 20.5 Å². The number of hydrogen-bond acceptors (Lipinski definition) is 5. The molecule has 0 bridgehead atoms. The zero-order valence-electron chi connectivity index (χ0n) is 11.8. The van der Waals surface area contributed by atoms with Crippen molar-refractivity contribution in [3.8, 4) is 0 Å². The second-order valence-corrected chi connectivity index (χ2v) is 5.79. The number of nitrogens with two attached hydrogens (primary N) is 1. The van der Waals surface area contributed by atoms with E-state index >= 15 is 0 Å². The van der Waals surface area contributed by atoms with Gasteiger partial charge in [0.2, 0.25) is 0 Å². The van der Waals surface area contributed by atoms with Crippen molar-refractivity contribution in [2.75, 3.05) is 24.6 Å². The number of aliphatic hydroxyl groups excluding tert-OH is 1. The van der Waals surface area contributed by atoms with Gasteiger partial charge in [0.25, 0.3) is 0 Å². The van der Waals surface area contributed by atoms with Gasteiger partial charge >= 0.3 is 0 Å². The third-order valence-electron chi connectivity index (χ3n) is 3.29. The molecule has 5 heteroatoms. The molecular formula is C14H23N3O2. The SMILES string of the molecule is C[C@H](N)c1ccc(N2CC(CO)OC(C)(C)C2)cn1. The normalized spacial score (nSPS) is 24.3. The predicted octanol–water partition coefficient (Wildman–Crippen LogP) is 1.08. The second kappa shape index (κ2) is 5.45. The van der Waals surface area contributed by atoms with E-state index in [-0.39, 0.29) is 24.4 Å². The minimum Gasteiger partial charge on any atom is -0.394 e. The molecule has 1 aliphatic rings. The fourth-order valence-corrected chi connectivity index (χ4v) is 2.44. The minimum absolute atomic E-state index is 0.0330. The van der Waals surface area contributed by atoms with E-state index in [1.54, 1.807) is 0 Å². The van der Waals surface area contributed by atoms with Crippen LogP contribution in [0.3, 0.4) is 0 Å². The number of aromatic nitrogens is 1. The number of aliphatic hydroxyl groups is 1. The number of nitrogens with zero attached hydrogens (tertiary/aromatic N) is 2. The summed E-state index contributed by atoms with van der Waals surface area (Å²) in [5.41, 5.74) is 7.45. The van der Waals surface area contributed by atoms with Crippen molar-refractivity contribution < 1.29 is 9.84 Å². The predicted molar refractivity (Wildman–Crippen MR) is 75.1 cm³/mol. The third kappa shape index (κ3) is 3.43. The summed E-state index contributed by atoms with van der Waals surface area (Å²) < 4.78 is 5.80. The summed E-state index contributed by atoms with van der Waals surface area (Å²) >= 11 is 0. The van der Waals surface area contributed by atoms with E-state index in [1.807, 2.05) is 39.1 Å². The third-order valence-corrected chi connectivity index (χ3v) is 3.29. The molecule has 3 N–H and O–H groups in total. The highest BCUT2D eigenvalue weighted by atomic mass is 16.5. The summed E-state index contributed by atoms with van der Waals surface area (Å²) in [6, 6.07) is 3.93. The zero-order chi connectivity index (χ0) is 14.0. The molecule has 19 heavy (non-hydrogen) atoms. The lowest BCUT2D eigenvalue weighted by Gasteiger charge is -2.43. The van der Waals surface area contributed by atoms with Crippen LogP contribution in [0.25, 0.3) is 0 Å². The molecule has 0 aromatic carbocycles. The van der Waals surface area contributed by atoms with Gasteiger partial charge in [-0.25, -0.2) is 0 Å². The molecule has 2 atom stereocenters. The average Bonchev–Trinajstić information content (AvgIpc) is 2.37. The smallest absolute Gasteiger partial charge is 0.0988 e. The summed E-state index contributed by atoms with van der Waals surface area (Å²) in [5, 5.41) is 9.32. The minimum atomic E-state index is -0.272. The average molecular weight is 265 g/mol. The zero-order valence-corrected chi connectivity index (χ0v) is 11.8. The number of pyridine rings is 1. The topological polar surface area (TPSA) is 71.6 Å². The van der Waals surface area contributed by atoms with Gasteiger partial charge in [-0.05, 0) is 32.9 Å². The van der Waals surface area contributed by atoms with Crippen LogP contribution in [-0.4, -0.2) is 41.5 Å². The van der Waals surface area contributed by atoms with E-state index in [2.05, 4.69) is 9.88 Å². The lowest BCUT2D eigenvalue weighted by atomic mass is 10.0. The maximum atomic E-state index is 9.32. The van der Waals surface area contributed by atoms with E-state index in [0.29, 0.717) is 6.54 Å². The lowest BCUT2D eigenvalue weighted by molar-refractivity contribution is -0.101. The fourth-order valence-electron chi connectivity index (χ4n) is 2.44. The van der Waals surface area contributed by atoms with Gasteiger partial charge in [0.05, 0.1) is 35.9 Å². The fraction of sp³-hybridized carbons (Fsp3) is 0.643. The Morgan fingerprint density at radius 3 is 2.84 bits per heavy atom. The van der Waals surface area contributed by atoms with Crippen molar-refractivity contribution in [3.05, 3.63) is 24.0 Å². The van der Waals surface area contributed by atoms with Gasteiger partial charge in [-0.15, -0.1) is 0 Å². The monoisotopic (exact) mass is 265 g/mol. The van der Waals surface area contributed by atoms with Crippen LogP contribution in [0.1, 0.15) is 32.5 Å². The Kier molecular flexibility index (Phi) is 4.08. The Bertz CT molecular complexity index is 417. The van der Waals surface area contributed by atoms with Crippen LogP contribution in [0.4, 0.5) is 5.69 Å². The first-order chi connectivity index (χ1) is 8.91. The molecule has 0 amide bonds. The highest BCUT2D eigenvalue weighted by Gasteiger charge is 2.33. The molecule has 1 unspecified atom stereocenters. The standard InChI is InChI=1S/C14H23N3O2/c1-10(15)13-5-4-11(6-16-13)17-7-12(8-18)19-14(2,3)9-17/h4-6,10,12,18H,7-9,15H2,1-3H3/t10-,12?/m0/s1. The highest BCUT2D eigenvalue weighted by Crippen LogP contribution is 2.26. The first-order valence-corrected chi connectivity index (χ1v) is 6.66. The maximum absolute atomic E-state index is 9.32. The van der Waals surface area contributed by atoms with Crippen molar-refractivity contribution in [1.82, 2.24) is 4.98 Å². The van der Waals surface area contributed by atoms with Gasteiger partial charge in [0, 0.05) is 19.1 Å². The Morgan fingerprint density at radius 1 is 1.58 bits per heavy atom.